The normalized spacial score (nSPS) is 10.6. The average molecular weight is 529 g/mol. The fraction of sp³-hybridized carbons (Fsp3) is 0.219. The van der Waals surface area contributed by atoms with E-state index >= 15 is 0 Å². The Hall–Kier alpha value is -4.65. The fourth-order valence-electron chi connectivity index (χ4n) is 4.67. The number of hydrogen-bond donors (Lipinski definition) is 0. The third kappa shape index (κ3) is 5.48. The van der Waals surface area contributed by atoms with Crippen LogP contribution in [0.25, 0.3) is 11.1 Å². The molecular formula is C32H32O7. The molecular weight excluding hydrogens is 496 g/mol. The van der Waals surface area contributed by atoms with Gasteiger partial charge in [-0.2, -0.15) is 0 Å². The summed E-state index contributed by atoms with van der Waals surface area (Å²) in [5.41, 5.74) is 3.59. The Labute approximate surface area is 228 Å². The van der Waals surface area contributed by atoms with E-state index < -0.39 is 5.92 Å². The molecule has 0 aliphatic carbocycles. The van der Waals surface area contributed by atoms with Crippen molar-refractivity contribution in [3.05, 3.63) is 95.6 Å². The number of ketones is 1. The van der Waals surface area contributed by atoms with Crippen molar-refractivity contribution in [1.29, 1.82) is 0 Å². The third-order valence-corrected chi connectivity index (χ3v) is 6.62. The van der Waals surface area contributed by atoms with Gasteiger partial charge in [0.25, 0.3) is 0 Å². The zero-order valence-electron chi connectivity index (χ0n) is 22.9. The van der Waals surface area contributed by atoms with Gasteiger partial charge in [0, 0.05) is 29.8 Å². The highest BCUT2D eigenvalue weighted by Gasteiger charge is 2.36. The molecule has 0 radical (unpaired) electrons. The molecule has 0 aliphatic heterocycles. The number of rotatable bonds is 11. The molecule has 0 amide bonds. The number of benzene rings is 4. The van der Waals surface area contributed by atoms with E-state index in [1.54, 1.807) is 38.5 Å². The predicted molar refractivity (Wildman–Crippen MR) is 150 cm³/mol. The van der Waals surface area contributed by atoms with Crippen molar-refractivity contribution in [2.75, 3.05) is 42.7 Å². The van der Waals surface area contributed by atoms with Crippen LogP contribution in [0.3, 0.4) is 0 Å². The SMILES string of the molecule is COc1cc(OC)c(C(C(=O)c2ccc(-c3ccccc3)cc2)c2c(OC)cc(OC)cc2OC)c(OC)c1. The first kappa shape index (κ1) is 27.4. The van der Waals surface area contributed by atoms with Gasteiger partial charge in [0.2, 0.25) is 0 Å². The maximum absolute atomic E-state index is 14.5. The standard InChI is InChI=1S/C32H32O7/c1-34-23-16-25(36-3)29(26(17-23)37-4)31(30-27(38-5)18-24(35-2)19-28(30)39-6)32(33)22-14-12-21(13-15-22)20-10-8-7-9-11-20/h7-19,31H,1-6H3. The van der Waals surface area contributed by atoms with Gasteiger partial charge in [0.1, 0.15) is 34.5 Å². The van der Waals surface area contributed by atoms with E-state index in [1.807, 2.05) is 54.6 Å². The first-order valence-electron chi connectivity index (χ1n) is 12.3. The van der Waals surface area contributed by atoms with Crippen LogP contribution >= 0.6 is 0 Å². The predicted octanol–water partition coefficient (Wildman–Crippen LogP) is 6.42. The maximum Gasteiger partial charge on any atom is 0.175 e. The maximum atomic E-state index is 14.5. The van der Waals surface area contributed by atoms with Crippen molar-refractivity contribution in [2.24, 2.45) is 0 Å². The Morgan fingerprint density at radius 2 is 0.897 bits per heavy atom. The van der Waals surface area contributed by atoms with Crippen molar-refractivity contribution in [1.82, 2.24) is 0 Å². The number of carbonyl (C=O) groups is 1. The van der Waals surface area contributed by atoms with E-state index in [0.717, 1.165) is 11.1 Å². The molecule has 39 heavy (non-hydrogen) atoms. The van der Waals surface area contributed by atoms with Crippen molar-refractivity contribution >= 4 is 5.78 Å². The molecule has 0 saturated heterocycles. The van der Waals surface area contributed by atoms with Crippen LogP contribution in [-0.4, -0.2) is 48.4 Å². The first-order chi connectivity index (χ1) is 19.0. The van der Waals surface area contributed by atoms with Gasteiger partial charge in [-0.05, 0) is 11.1 Å². The van der Waals surface area contributed by atoms with Gasteiger partial charge in [0.05, 0.1) is 59.7 Å². The molecule has 0 aromatic heterocycles. The zero-order chi connectivity index (χ0) is 27.9. The first-order valence-corrected chi connectivity index (χ1v) is 12.3. The minimum atomic E-state index is -0.917. The summed E-state index contributed by atoms with van der Waals surface area (Å²) in [5.74, 6) is 1.63. The number of carbonyl (C=O) groups excluding carboxylic acids is 1. The summed E-state index contributed by atoms with van der Waals surface area (Å²) in [4.78, 5) is 14.5. The summed E-state index contributed by atoms with van der Waals surface area (Å²) in [7, 11) is 9.26. The van der Waals surface area contributed by atoms with Gasteiger partial charge < -0.3 is 28.4 Å². The number of hydrogen-bond acceptors (Lipinski definition) is 7. The monoisotopic (exact) mass is 528 g/mol. The second kappa shape index (κ2) is 12.3. The molecule has 0 unspecified atom stereocenters. The molecule has 0 bridgehead atoms. The summed E-state index contributed by atoms with van der Waals surface area (Å²) in [6.07, 6.45) is 0. The Morgan fingerprint density at radius 3 is 1.26 bits per heavy atom. The molecule has 4 aromatic carbocycles. The smallest absolute Gasteiger partial charge is 0.175 e. The van der Waals surface area contributed by atoms with Gasteiger partial charge >= 0.3 is 0 Å². The molecule has 7 heteroatoms. The molecule has 0 spiro atoms. The minimum Gasteiger partial charge on any atom is -0.496 e. The second-order valence-electron chi connectivity index (χ2n) is 8.63. The highest BCUT2D eigenvalue weighted by molar-refractivity contribution is 6.05. The second-order valence-corrected chi connectivity index (χ2v) is 8.63. The molecule has 0 N–H and O–H groups in total. The summed E-state index contributed by atoms with van der Waals surface area (Å²) < 4.78 is 34.0. The number of Topliss-reactive ketones (excluding diaryl/α,β-unsaturated/α-hetero) is 1. The minimum absolute atomic E-state index is 0.196. The topological polar surface area (TPSA) is 72.5 Å². The lowest BCUT2D eigenvalue weighted by Gasteiger charge is -2.26. The van der Waals surface area contributed by atoms with Crippen LogP contribution in [0.5, 0.6) is 34.5 Å². The molecule has 0 saturated carbocycles. The molecule has 7 nitrogen and oxygen atoms in total. The molecule has 0 heterocycles. The van der Waals surface area contributed by atoms with Crippen LogP contribution in [-0.2, 0) is 0 Å². The van der Waals surface area contributed by atoms with Gasteiger partial charge in [-0.1, -0.05) is 54.6 Å². The lowest BCUT2D eigenvalue weighted by Crippen LogP contribution is -2.18. The van der Waals surface area contributed by atoms with Gasteiger partial charge in [-0.3, -0.25) is 4.79 Å². The van der Waals surface area contributed by atoms with E-state index in [1.165, 1.54) is 28.4 Å². The van der Waals surface area contributed by atoms with Crippen LogP contribution in [0.2, 0.25) is 0 Å². The molecule has 0 fully saturated rings. The zero-order valence-corrected chi connectivity index (χ0v) is 22.9. The molecule has 202 valence electrons. The van der Waals surface area contributed by atoms with Crippen molar-refractivity contribution in [3.8, 4) is 45.6 Å². The van der Waals surface area contributed by atoms with E-state index in [0.29, 0.717) is 51.2 Å². The highest BCUT2D eigenvalue weighted by atomic mass is 16.5. The summed E-state index contributed by atoms with van der Waals surface area (Å²) in [6, 6.07) is 24.4. The average Bonchev–Trinajstić information content (AvgIpc) is 3.01. The largest absolute Gasteiger partial charge is 0.496 e. The summed E-state index contributed by atoms with van der Waals surface area (Å²) >= 11 is 0. The van der Waals surface area contributed by atoms with Crippen LogP contribution in [0.1, 0.15) is 27.4 Å². The van der Waals surface area contributed by atoms with Crippen molar-refractivity contribution < 1.29 is 33.2 Å². The van der Waals surface area contributed by atoms with E-state index in [-0.39, 0.29) is 5.78 Å². The van der Waals surface area contributed by atoms with Gasteiger partial charge in [0.15, 0.2) is 5.78 Å². The molecule has 0 atom stereocenters. The molecule has 4 rings (SSSR count). The van der Waals surface area contributed by atoms with Crippen LogP contribution in [0.15, 0.2) is 78.9 Å². The Kier molecular flexibility index (Phi) is 8.61. The lowest BCUT2D eigenvalue weighted by atomic mass is 9.82. The van der Waals surface area contributed by atoms with Gasteiger partial charge in [-0.15, -0.1) is 0 Å². The van der Waals surface area contributed by atoms with Gasteiger partial charge in [-0.25, -0.2) is 0 Å². The Morgan fingerprint density at radius 1 is 0.513 bits per heavy atom. The summed E-state index contributed by atoms with van der Waals surface area (Å²) in [5, 5.41) is 0. The molecule has 0 aliphatic rings. The molecule has 4 aromatic rings. The van der Waals surface area contributed by atoms with Crippen molar-refractivity contribution in [3.63, 3.8) is 0 Å². The summed E-state index contributed by atoms with van der Waals surface area (Å²) in [6.45, 7) is 0. The fourth-order valence-corrected chi connectivity index (χ4v) is 4.67. The van der Waals surface area contributed by atoms with Crippen LogP contribution in [0, 0.1) is 0 Å². The number of methoxy groups -OCH3 is 6. The quantitative estimate of drug-likeness (QED) is 0.208. The highest BCUT2D eigenvalue weighted by Crippen LogP contribution is 2.49. The van der Waals surface area contributed by atoms with Crippen LogP contribution in [0.4, 0.5) is 0 Å². The Bertz CT molecular complexity index is 1320. The van der Waals surface area contributed by atoms with Crippen molar-refractivity contribution in [2.45, 2.75) is 5.92 Å². The third-order valence-electron chi connectivity index (χ3n) is 6.62. The Balaban J connectivity index is 1.97. The van der Waals surface area contributed by atoms with E-state index in [4.69, 9.17) is 28.4 Å². The van der Waals surface area contributed by atoms with Crippen LogP contribution < -0.4 is 28.4 Å². The van der Waals surface area contributed by atoms with E-state index in [2.05, 4.69) is 0 Å². The van der Waals surface area contributed by atoms with E-state index in [9.17, 15) is 4.79 Å². The lowest BCUT2D eigenvalue weighted by molar-refractivity contribution is 0.0969. The number of ether oxygens (including phenoxy) is 6.